The van der Waals surface area contributed by atoms with Crippen LogP contribution in [0.3, 0.4) is 0 Å². The predicted octanol–water partition coefficient (Wildman–Crippen LogP) is 3.67. The fourth-order valence-corrected chi connectivity index (χ4v) is 3.55. The van der Waals surface area contributed by atoms with Gasteiger partial charge in [-0.3, -0.25) is 4.99 Å². The summed E-state index contributed by atoms with van der Waals surface area (Å²) in [5, 5.41) is 6.93. The summed E-state index contributed by atoms with van der Waals surface area (Å²) in [5.41, 5.74) is 1.29. The number of rotatable bonds is 7. The number of benzene rings is 1. The molecule has 2 rings (SSSR count). The lowest BCUT2D eigenvalue weighted by molar-refractivity contribution is 0.162. The van der Waals surface area contributed by atoms with Crippen molar-refractivity contribution in [1.29, 1.82) is 0 Å². The summed E-state index contributed by atoms with van der Waals surface area (Å²) in [5.74, 6) is 2.35. The minimum atomic E-state index is 0.253. The Labute approximate surface area is 154 Å². The van der Waals surface area contributed by atoms with Gasteiger partial charge in [0.2, 0.25) is 0 Å². The van der Waals surface area contributed by atoms with Gasteiger partial charge in [0, 0.05) is 26.2 Å². The van der Waals surface area contributed by atoms with E-state index in [0.717, 1.165) is 25.0 Å². The molecule has 0 aliphatic carbocycles. The molecular weight excluding hydrogens is 308 g/mol. The van der Waals surface area contributed by atoms with Gasteiger partial charge < -0.3 is 15.5 Å². The molecule has 1 saturated heterocycles. The maximum absolute atomic E-state index is 4.88. The standard InChI is InChI=1S/C21H36N4/c1-5-22-21(24-18(4)20-11-7-6-8-12-20)23-14-19-10-9-13-25(16-19)15-17(2)3/h6-8,11-12,17-19H,5,9-10,13-16H2,1-4H3,(H2,22,23,24). The van der Waals surface area contributed by atoms with Gasteiger partial charge >= 0.3 is 0 Å². The highest BCUT2D eigenvalue weighted by Crippen LogP contribution is 2.18. The second kappa shape index (κ2) is 10.4. The second-order valence-corrected chi connectivity index (χ2v) is 7.66. The summed E-state index contributed by atoms with van der Waals surface area (Å²) >= 11 is 0. The first-order valence-electron chi connectivity index (χ1n) is 9.90. The van der Waals surface area contributed by atoms with E-state index in [-0.39, 0.29) is 6.04 Å². The van der Waals surface area contributed by atoms with Crippen molar-refractivity contribution < 1.29 is 0 Å². The molecule has 2 unspecified atom stereocenters. The molecule has 0 radical (unpaired) electrons. The Hall–Kier alpha value is -1.55. The average Bonchev–Trinajstić information content (AvgIpc) is 2.60. The second-order valence-electron chi connectivity index (χ2n) is 7.66. The Kier molecular flexibility index (Phi) is 8.26. The van der Waals surface area contributed by atoms with Gasteiger partial charge in [-0.2, -0.15) is 0 Å². The van der Waals surface area contributed by atoms with Crippen LogP contribution in [0.1, 0.15) is 52.1 Å². The zero-order chi connectivity index (χ0) is 18.1. The van der Waals surface area contributed by atoms with E-state index in [2.05, 4.69) is 73.6 Å². The van der Waals surface area contributed by atoms with E-state index in [1.807, 2.05) is 0 Å². The highest BCUT2D eigenvalue weighted by atomic mass is 15.2. The molecule has 0 saturated carbocycles. The van der Waals surface area contributed by atoms with Crippen LogP contribution in [-0.2, 0) is 0 Å². The van der Waals surface area contributed by atoms with Crippen LogP contribution < -0.4 is 10.6 Å². The summed E-state index contributed by atoms with van der Waals surface area (Å²) < 4.78 is 0. The molecule has 1 fully saturated rings. The van der Waals surface area contributed by atoms with Crippen LogP contribution in [0.2, 0.25) is 0 Å². The first-order valence-corrected chi connectivity index (χ1v) is 9.90. The zero-order valence-electron chi connectivity index (χ0n) is 16.5. The monoisotopic (exact) mass is 344 g/mol. The molecular formula is C21H36N4. The molecule has 0 bridgehead atoms. The van der Waals surface area contributed by atoms with Crippen LogP contribution in [-0.4, -0.2) is 43.6 Å². The molecule has 2 atom stereocenters. The number of nitrogens with zero attached hydrogens (tertiary/aromatic N) is 2. The molecule has 1 aliphatic rings. The molecule has 1 heterocycles. The Morgan fingerprint density at radius 2 is 2.00 bits per heavy atom. The summed E-state index contributed by atoms with van der Waals surface area (Å²) in [4.78, 5) is 7.50. The van der Waals surface area contributed by atoms with Crippen molar-refractivity contribution in [3.8, 4) is 0 Å². The molecule has 140 valence electrons. The Bertz CT molecular complexity index is 512. The van der Waals surface area contributed by atoms with E-state index in [9.17, 15) is 0 Å². The highest BCUT2D eigenvalue weighted by Gasteiger charge is 2.20. The summed E-state index contributed by atoms with van der Waals surface area (Å²) in [6, 6.07) is 10.8. The number of nitrogens with one attached hydrogen (secondary N) is 2. The topological polar surface area (TPSA) is 39.7 Å². The minimum Gasteiger partial charge on any atom is -0.357 e. The van der Waals surface area contributed by atoms with Gasteiger partial charge in [-0.1, -0.05) is 44.2 Å². The van der Waals surface area contributed by atoms with Crippen molar-refractivity contribution in [2.24, 2.45) is 16.8 Å². The maximum atomic E-state index is 4.88. The Morgan fingerprint density at radius 3 is 2.68 bits per heavy atom. The number of likely N-dealkylation sites (tertiary alicyclic amines) is 1. The molecule has 0 spiro atoms. The van der Waals surface area contributed by atoms with Crippen molar-refractivity contribution in [1.82, 2.24) is 15.5 Å². The van der Waals surface area contributed by atoms with Gasteiger partial charge in [0.05, 0.1) is 6.04 Å². The molecule has 4 nitrogen and oxygen atoms in total. The van der Waals surface area contributed by atoms with Crippen LogP contribution in [0.4, 0.5) is 0 Å². The third kappa shape index (κ3) is 7.07. The molecule has 0 aromatic heterocycles. The molecule has 1 aliphatic heterocycles. The molecule has 0 amide bonds. The first kappa shape index (κ1) is 19.8. The molecule has 4 heteroatoms. The smallest absolute Gasteiger partial charge is 0.191 e. The summed E-state index contributed by atoms with van der Waals surface area (Å²) in [6.45, 7) is 14.4. The van der Waals surface area contributed by atoms with Gasteiger partial charge in [-0.25, -0.2) is 0 Å². The third-order valence-corrected chi connectivity index (χ3v) is 4.73. The van der Waals surface area contributed by atoms with Crippen LogP contribution in [0, 0.1) is 11.8 Å². The average molecular weight is 345 g/mol. The van der Waals surface area contributed by atoms with E-state index in [4.69, 9.17) is 4.99 Å². The van der Waals surface area contributed by atoms with Gasteiger partial charge in [-0.05, 0) is 50.6 Å². The van der Waals surface area contributed by atoms with Crippen molar-refractivity contribution in [2.75, 3.05) is 32.7 Å². The van der Waals surface area contributed by atoms with E-state index in [0.29, 0.717) is 5.92 Å². The molecule has 1 aromatic rings. The zero-order valence-corrected chi connectivity index (χ0v) is 16.5. The van der Waals surface area contributed by atoms with E-state index >= 15 is 0 Å². The fraction of sp³-hybridized carbons (Fsp3) is 0.667. The molecule has 2 N–H and O–H groups in total. The summed E-state index contributed by atoms with van der Waals surface area (Å²) in [7, 11) is 0. The van der Waals surface area contributed by atoms with Crippen LogP contribution in [0.25, 0.3) is 0 Å². The highest BCUT2D eigenvalue weighted by molar-refractivity contribution is 5.80. The SMILES string of the molecule is CCNC(=NCC1CCCN(CC(C)C)C1)NC(C)c1ccccc1. The van der Waals surface area contributed by atoms with Crippen LogP contribution in [0.15, 0.2) is 35.3 Å². The lowest BCUT2D eigenvalue weighted by atomic mass is 9.97. The summed E-state index contributed by atoms with van der Waals surface area (Å²) in [6.07, 6.45) is 2.60. The fourth-order valence-electron chi connectivity index (χ4n) is 3.55. The van der Waals surface area contributed by atoms with Crippen molar-refractivity contribution in [2.45, 2.75) is 46.6 Å². The van der Waals surface area contributed by atoms with Gasteiger partial charge in [0.15, 0.2) is 5.96 Å². The van der Waals surface area contributed by atoms with Crippen molar-refractivity contribution in [3.05, 3.63) is 35.9 Å². The largest absolute Gasteiger partial charge is 0.357 e. The Morgan fingerprint density at radius 1 is 1.24 bits per heavy atom. The van der Waals surface area contributed by atoms with E-state index in [1.165, 1.54) is 38.0 Å². The number of guanidine groups is 1. The number of aliphatic imine (C=N–C) groups is 1. The Balaban J connectivity index is 1.90. The lowest BCUT2D eigenvalue weighted by Gasteiger charge is -2.33. The van der Waals surface area contributed by atoms with Gasteiger partial charge in [-0.15, -0.1) is 0 Å². The lowest BCUT2D eigenvalue weighted by Crippen LogP contribution is -2.41. The van der Waals surface area contributed by atoms with Crippen LogP contribution in [0.5, 0.6) is 0 Å². The van der Waals surface area contributed by atoms with Gasteiger partial charge in [0.25, 0.3) is 0 Å². The predicted molar refractivity (Wildman–Crippen MR) is 108 cm³/mol. The maximum Gasteiger partial charge on any atom is 0.191 e. The van der Waals surface area contributed by atoms with Gasteiger partial charge in [0.1, 0.15) is 0 Å². The molecule has 1 aromatic carbocycles. The quantitative estimate of drug-likeness (QED) is 0.586. The molecule has 25 heavy (non-hydrogen) atoms. The van der Waals surface area contributed by atoms with E-state index < -0.39 is 0 Å². The first-order chi connectivity index (χ1) is 12.1. The van der Waals surface area contributed by atoms with Crippen molar-refractivity contribution >= 4 is 5.96 Å². The van der Waals surface area contributed by atoms with E-state index in [1.54, 1.807) is 0 Å². The van der Waals surface area contributed by atoms with Crippen LogP contribution >= 0.6 is 0 Å². The number of hydrogen-bond donors (Lipinski definition) is 2. The minimum absolute atomic E-state index is 0.253. The number of piperidine rings is 1. The normalized spacial score (nSPS) is 20.5. The number of hydrogen-bond acceptors (Lipinski definition) is 2. The van der Waals surface area contributed by atoms with Crippen molar-refractivity contribution in [3.63, 3.8) is 0 Å². The third-order valence-electron chi connectivity index (χ3n) is 4.73.